The van der Waals surface area contributed by atoms with Crippen LogP contribution in [-0.2, 0) is 0 Å². The third-order valence-corrected chi connectivity index (χ3v) is 4.33. The van der Waals surface area contributed by atoms with Crippen molar-refractivity contribution in [3.8, 4) is 0 Å². The lowest BCUT2D eigenvalue weighted by atomic mass is 10.1. The molecule has 1 fully saturated rings. The van der Waals surface area contributed by atoms with E-state index in [0.29, 0.717) is 17.8 Å². The number of thioether (sulfide) groups is 1. The van der Waals surface area contributed by atoms with Crippen LogP contribution in [0.25, 0.3) is 0 Å². The Kier molecular flexibility index (Phi) is 5.70. The van der Waals surface area contributed by atoms with Gasteiger partial charge in [0.25, 0.3) is 5.91 Å². The van der Waals surface area contributed by atoms with Crippen LogP contribution in [-0.4, -0.2) is 48.5 Å². The van der Waals surface area contributed by atoms with Crippen LogP contribution in [0.5, 0.6) is 0 Å². The number of hydrazine groups is 1. The van der Waals surface area contributed by atoms with E-state index in [1.807, 2.05) is 36.9 Å². The molecule has 0 bridgehead atoms. The van der Waals surface area contributed by atoms with Crippen molar-refractivity contribution in [2.45, 2.75) is 6.92 Å². The molecule has 2 rings (SSSR count). The number of benzene rings is 1. The van der Waals surface area contributed by atoms with Gasteiger partial charge in [0.05, 0.1) is 11.3 Å². The van der Waals surface area contributed by atoms with E-state index in [-0.39, 0.29) is 5.91 Å². The topological polar surface area (TPSA) is 70.4 Å². The Hall–Kier alpha value is -1.24. The quantitative estimate of drug-likeness (QED) is 0.559. The van der Waals surface area contributed by atoms with Crippen molar-refractivity contribution in [3.05, 3.63) is 29.3 Å². The number of hydrogen-bond acceptors (Lipinski definition) is 5. The van der Waals surface area contributed by atoms with Crippen molar-refractivity contribution >= 4 is 23.4 Å². The number of nitrogen functional groups attached to an aromatic ring is 1. The predicted octanol–water partition coefficient (Wildman–Crippen LogP) is 1.06. The number of rotatable bonds is 5. The van der Waals surface area contributed by atoms with E-state index in [1.54, 1.807) is 0 Å². The largest absolute Gasteiger partial charge is 0.351 e. The fourth-order valence-corrected chi connectivity index (χ4v) is 3.20. The summed E-state index contributed by atoms with van der Waals surface area (Å²) < 4.78 is 0. The fraction of sp³-hybridized carbons (Fsp3) is 0.500. The molecule has 0 unspecified atom stereocenters. The molecule has 1 saturated heterocycles. The minimum absolute atomic E-state index is 0.0759. The highest BCUT2D eigenvalue weighted by Gasteiger charge is 2.13. The van der Waals surface area contributed by atoms with E-state index in [2.05, 4.69) is 15.6 Å². The average molecular weight is 294 g/mol. The standard InChI is InChI=1S/C14H22N4OS/c1-11-2-3-13(17-15)12(10-11)14(19)16-4-5-18-6-8-20-9-7-18/h2-3,10,17H,4-9,15H2,1H3,(H,16,19). The summed E-state index contributed by atoms with van der Waals surface area (Å²) in [6.45, 7) is 5.76. The second kappa shape index (κ2) is 7.52. The summed E-state index contributed by atoms with van der Waals surface area (Å²) in [4.78, 5) is 14.6. The summed E-state index contributed by atoms with van der Waals surface area (Å²) in [5, 5.41) is 2.97. The molecule has 0 aromatic heterocycles. The number of nitrogens with two attached hydrogens (primary N) is 1. The predicted molar refractivity (Wildman–Crippen MR) is 85.1 cm³/mol. The number of anilines is 1. The SMILES string of the molecule is Cc1ccc(NN)c(C(=O)NCCN2CCSCC2)c1. The monoisotopic (exact) mass is 294 g/mol. The summed E-state index contributed by atoms with van der Waals surface area (Å²) in [6.07, 6.45) is 0. The van der Waals surface area contributed by atoms with Crippen molar-refractivity contribution < 1.29 is 4.79 Å². The van der Waals surface area contributed by atoms with Gasteiger partial charge in [-0.15, -0.1) is 0 Å². The normalized spacial score (nSPS) is 15.9. The minimum atomic E-state index is -0.0759. The second-order valence-corrected chi connectivity index (χ2v) is 6.13. The fourth-order valence-electron chi connectivity index (χ4n) is 2.22. The van der Waals surface area contributed by atoms with Gasteiger partial charge >= 0.3 is 0 Å². The molecule has 6 heteroatoms. The van der Waals surface area contributed by atoms with Crippen LogP contribution in [0.4, 0.5) is 5.69 Å². The van der Waals surface area contributed by atoms with Crippen LogP contribution in [0.2, 0.25) is 0 Å². The lowest BCUT2D eigenvalue weighted by Gasteiger charge is -2.26. The van der Waals surface area contributed by atoms with Gasteiger partial charge in [-0.05, 0) is 19.1 Å². The first-order valence-electron chi connectivity index (χ1n) is 6.86. The Bertz CT molecular complexity index is 460. The summed E-state index contributed by atoms with van der Waals surface area (Å²) in [6, 6.07) is 5.60. The van der Waals surface area contributed by atoms with Gasteiger partial charge in [-0.1, -0.05) is 11.6 Å². The average Bonchev–Trinajstić information content (AvgIpc) is 2.48. The first kappa shape index (κ1) is 15.2. The third kappa shape index (κ3) is 4.13. The highest BCUT2D eigenvalue weighted by molar-refractivity contribution is 7.99. The van der Waals surface area contributed by atoms with E-state index in [9.17, 15) is 4.79 Å². The molecule has 1 heterocycles. The lowest BCUT2D eigenvalue weighted by molar-refractivity contribution is 0.0949. The van der Waals surface area contributed by atoms with E-state index >= 15 is 0 Å². The number of carbonyl (C=O) groups is 1. The lowest BCUT2D eigenvalue weighted by Crippen LogP contribution is -2.39. The zero-order chi connectivity index (χ0) is 14.4. The van der Waals surface area contributed by atoms with Crippen LogP contribution in [0.1, 0.15) is 15.9 Å². The zero-order valence-electron chi connectivity index (χ0n) is 11.8. The maximum Gasteiger partial charge on any atom is 0.253 e. The smallest absolute Gasteiger partial charge is 0.253 e. The van der Waals surface area contributed by atoms with E-state index in [0.717, 1.165) is 25.2 Å². The number of amides is 1. The number of carbonyl (C=O) groups excluding carboxylic acids is 1. The molecule has 0 atom stereocenters. The second-order valence-electron chi connectivity index (χ2n) is 4.90. The molecule has 1 aromatic carbocycles. The summed E-state index contributed by atoms with van der Waals surface area (Å²) in [5.41, 5.74) is 4.87. The van der Waals surface area contributed by atoms with Crippen LogP contribution < -0.4 is 16.6 Å². The first-order valence-corrected chi connectivity index (χ1v) is 8.02. The number of hydrogen-bond donors (Lipinski definition) is 3. The molecule has 110 valence electrons. The minimum Gasteiger partial charge on any atom is -0.351 e. The van der Waals surface area contributed by atoms with Crippen molar-refractivity contribution in [1.82, 2.24) is 10.2 Å². The van der Waals surface area contributed by atoms with E-state index in [4.69, 9.17) is 5.84 Å². The Labute approximate surface area is 124 Å². The van der Waals surface area contributed by atoms with E-state index in [1.165, 1.54) is 11.5 Å². The van der Waals surface area contributed by atoms with Crippen LogP contribution in [0.15, 0.2) is 18.2 Å². The molecule has 0 radical (unpaired) electrons. The molecular weight excluding hydrogens is 272 g/mol. The van der Waals surface area contributed by atoms with Gasteiger partial charge in [-0.2, -0.15) is 11.8 Å². The van der Waals surface area contributed by atoms with Crippen LogP contribution in [0.3, 0.4) is 0 Å². The van der Waals surface area contributed by atoms with Gasteiger partial charge in [0.15, 0.2) is 0 Å². The van der Waals surface area contributed by atoms with Gasteiger partial charge in [0.1, 0.15) is 0 Å². The molecule has 1 aliphatic heterocycles. The highest BCUT2D eigenvalue weighted by Crippen LogP contribution is 2.16. The van der Waals surface area contributed by atoms with Gasteiger partial charge in [0.2, 0.25) is 0 Å². The first-order chi connectivity index (χ1) is 9.70. The molecule has 0 saturated carbocycles. The van der Waals surface area contributed by atoms with Gasteiger partial charge in [0, 0.05) is 37.7 Å². The molecule has 1 amide bonds. The third-order valence-electron chi connectivity index (χ3n) is 3.39. The van der Waals surface area contributed by atoms with Gasteiger partial charge in [-0.3, -0.25) is 15.5 Å². The van der Waals surface area contributed by atoms with E-state index < -0.39 is 0 Å². The molecule has 0 aliphatic carbocycles. The molecule has 4 N–H and O–H groups in total. The number of nitrogens with zero attached hydrogens (tertiary/aromatic N) is 1. The van der Waals surface area contributed by atoms with Gasteiger partial charge in [-0.25, -0.2) is 0 Å². The Morgan fingerprint density at radius 3 is 2.85 bits per heavy atom. The molecular formula is C14H22N4OS. The van der Waals surface area contributed by atoms with Gasteiger partial charge < -0.3 is 10.7 Å². The Morgan fingerprint density at radius 1 is 1.40 bits per heavy atom. The molecule has 5 nitrogen and oxygen atoms in total. The maximum absolute atomic E-state index is 12.2. The van der Waals surface area contributed by atoms with Crippen molar-refractivity contribution in [1.29, 1.82) is 0 Å². The Morgan fingerprint density at radius 2 is 2.15 bits per heavy atom. The summed E-state index contributed by atoms with van der Waals surface area (Å²) >= 11 is 1.99. The zero-order valence-corrected chi connectivity index (χ0v) is 12.6. The van der Waals surface area contributed by atoms with Crippen LogP contribution in [0, 0.1) is 6.92 Å². The Balaban J connectivity index is 1.86. The number of aryl methyl sites for hydroxylation is 1. The van der Waals surface area contributed by atoms with Crippen molar-refractivity contribution in [3.63, 3.8) is 0 Å². The van der Waals surface area contributed by atoms with Crippen LogP contribution >= 0.6 is 11.8 Å². The molecule has 0 spiro atoms. The molecule has 1 aliphatic rings. The number of nitrogens with one attached hydrogen (secondary N) is 2. The van der Waals surface area contributed by atoms with Crippen molar-refractivity contribution in [2.24, 2.45) is 5.84 Å². The maximum atomic E-state index is 12.2. The highest BCUT2D eigenvalue weighted by atomic mass is 32.2. The summed E-state index contributed by atoms with van der Waals surface area (Å²) in [5.74, 6) is 7.74. The molecule has 1 aromatic rings. The summed E-state index contributed by atoms with van der Waals surface area (Å²) in [7, 11) is 0. The molecule has 20 heavy (non-hydrogen) atoms. The van der Waals surface area contributed by atoms with Crippen molar-refractivity contribution in [2.75, 3.05) is 43.1 Å².